The van der Waals surface area contributed by atoms with Gasteiger partial charge >= 0.3 is 0 Å². The molecule has 1 amide bonds. The third kappa shape index (κ3) is 2.61. The van der Waals surface area contributed by atoms with Gasteiger partial charge in [-0.1, -0.05) is 12.0 Å². The fraction of sp³-hybridized carbons (Fsp3) is 0.250. The van der Waals surface area contributed by atoms with Crippen molar-refractivity contribution in [2.24, 2.45) is 0 Å². The minimum Gasteiger partial charge on any atom is -0.328 e. The SMILES string of the molecule is C#CCN(CC)C(=O)c1cccc(F)c1Br. The average molecular weight is 284 g/mol. The van der Waals surface area contributed by atoms with Crippen LogP contribution >= 0.6 is 15.9 Å². The molecule has 4 heteroatoms. The zero-order valence-corrected chi connectivity index (χ0v) is 10.4. The summed E-state index contributed by atoms with van der Waals surface area (Å²) < 4.78 is 13.4. The average Bonchev–Trinajstić information content (AvgIpc) is 2.29. The fourth-order valence-electron chi connectivity index (χ4n) is 1.28. The van der Waals surface area contributed by atoms with Crippen molar-refractivity contribution in [2.75, 3.05) is 13.1 Å². The van der Waals surface area contributed by atoms with E-state index in [2.05, 4.69) is 21.9 Å². The lowest BCUT2D eigenvalue weighted by atomic mass is 10.2. The number of carbonyl (C=O) groups excluding carboxylic acids is 1. The molecule has 0 aromatic heterocycles. The van der Waals surface area contributed by atoms with Crippen molar-refractivity contribution in [2.45, 2.75) is 6.92 Å². The van der Waals surface area contributed by atoms with Crippen molar-refractivity contribution in [1.29, 1.82) is 0 Å². The molecule has 0 aliphatic carbocycles. The summed E-state index contributed by atoms with van der Waals surface area (Å²) in [4.78, 5) is 13.4. The highest BCUT2D eigenvalue weighted by atomic mass is 79.9. The van der Waals surface area contributed by atoms with Crippen LogP contribution in [-0.2, 0) is 0 Å². The second kappa shape index (κ2) is 5.66. The number of benzene rings is 1. The molecule has 1 aromatic carbocycles. The Kier molecular flexibility index (Phi) is 4.51. The zero-order valence-electron chi connectivity index (χ0n) is 8.84. The lowest BCUT2D eigenvalue weighted by molar-refractivity contribution is 0.0783. The maximum Gasteiger partial charge on any atom is 0.255 e. The molecule has 1 aromatic rings. The second-order valence-electron chi connectivity index (χ2n) is 3.12. The van der Waals surface area contributed by atoms with Crippen molar-refractivity contribution in [3.05, 3.63) is 34.1 Å². The second-order valence-corrected chi connectivity index (χ2v) is 3.92. The summed E-state index contributed by atoms with van der Waals surface area (Å²) in [5, 5.41) is 0. The topological polar surface area (TPSA) is 20.3 Å². The zero-order chi connectivity index (χ0) is 12.1. The van der Waals surface area contributed by atoms with Crippen LogP contribution in [-0.4, -0.2) is 23.9 Å². The third-order valence-electron chi connectivity index (χ3n) is 2.13. The highest BCUT2D eigenvalue weighted by Gasteiger charge is 2.17. The molecule has 0 aliphatic rings. The number of nitrogens with zero attached hydrogens (tertiary/aromatic N) is 1. The van der Waals surface area contributed by atoms with Gasteiger partial charge in [0, 0.05) is 6.54 Å². The molecule has 16 heavy (non-hydrogen) atoms. The minimum absolute atomic E-state index is 0.176. The van der Waals surface area contributed by atoms with Crippen molar-refractivity contribution in [1.82, 2.24) is 4.90 Å². The van der Waals surface area contributed by atoms with E-state index in [1.54, 1.807) is 6.07 Å². The Hall–Kier alpha value is -1.34. The normalized spacial score (nSPS) is 9.62. The predicted octanol–water partition coefficient (Wildman–Crippen LogP) is 2.68. The van der Waals surface area contributed by atoms with E-state index in [-0.39, 0.29) is 22.5 Å². The summed E-state index contributed by atoms with van der Waals surface area (Å²) in [6.07, 6.45) is 5.16. The quantitative estimate of drug-likeness (QED) is 0.781. The van der Waals surface area contributed by atoms with Crippen LogP contribution in [0.1, 0.15) is 17.3 Å². The Bertz CT molecular complexity index is 439. The molecular formula is C12H11BrFNO. The Morgan fingerprint density at radius 2 is 2.31 bits per heavy atom. The molecule has 0 saturated carbocycles. The van der Waals surface area contributed by atoms with Crippen molar-refractivity contribution < 1.29 is 9.18 Å². The van der Waals surface area contributed by atoms with Gasteiger partial charge in [0.1, 0.15) is 5.82 Å². The van der Waals surface area contributed by atoms with Crippen LogP contribution in [0.5, 0.6) is 0 Å². The van der Waals surface area contributed by atoms with E-state index < -0.39 is 5.82 Å². The molecule has 0 N–H and O–H groups in total. The summed E-state index contributed by atoms with van der Waals surface area (Å²) in [6, 6.07) is 4.35. The van der Waals surface area contributed by atoms with Crippen molar-refractivity contribution in [3.63, 3.8) is 0 Å². The molecule has 0 radical (unpaired) electrons. The third-order valence-corrected chi connectivity index (χ3v) is 2.94. The molecule has 84 valence electrons. The van der Waals surface area contributed by atoms with Gasteiger partial charge < -0.3 is 4.90 Å². The number of halogens is 2. The van der Waals surface area contributed by atoms with Gasteiger partial charge in [-0.2, -0.15) is 0 Å². The van der Waals surface area contributed by atoms with Crippen LogP contribution in [0.15, 0.2) is 22.7 Å². The standard InChI is InChI=1S/C12H11BrFNO/c1-3-8-15(4-2)12(16)9-6-5-7-10(14)11(9)13/h1,5-7H,4,8H2,2H3. The molecular weight excluding hydrogens is 273 g/mol. The van der Waals surface area contributed by atoms with E-state index in [4.69, 9.17) is 6.42 Å². The first-order valence-corrected chi connectivity index (χ1v) is 5.57. The van der Waals surface area contributed by atoms with E-state index in [9.17, 15) is 9.18 Å². The molecule has 1 rings (SSSR count). The van der Waals surface area contributed by atoms with Gasteiger partial charge in [0.05, 0.1) is 16.6 Å². The van der Waals surface area contributed by atoms with E-state index in [1.165, 1.54) is 17.0 Å². The van der Waals surface area contributed by atoms with Crippen LogP contribution in [0, 0.1) is 18.2 Å². The highest BCUT2D eigenvalue weighted by molar-refractivity contribution is 9.10. The molecule has 0 fully saturated rings. The van der Waals surface area contributed by atoms with Crippen LogP contribution in [0.4, 0.5) is 4.39 Å². The van der Waals surface area contributed by atoms with E-state index in [1.807, 2.05) is 6.92 Å². The number of rotatable bonds is 3. The first kappa shape index (κ1) is 12.7. The van der Waals surface area contributed by atoms with E-state index in [0.29, 0.717) is 6.54 Å². The van der Waals surface area contributed by atoms with E-state index >= 15 is 0 Å². The van der Waals surface area contributed by atoms with Gasteiger partial charge in [0.2, 0.25) is 0 Å². The number of carbonyl (C=O) groups is 1. The number of amides is 1. The Balaban J connectivity index is 3.05. The molecule has 0 unspecified atom stereocenters. The van der Waals surface area contributed by atoms with Gasteiger partial charge in [-0.3, -0.25) is 4.79 Å². The van der Waals surface area contributed by atoms with Gasteiger partial charge in [-0.15, -0.1) is 6.42 Å². The first-order chi connectivity index (χ1) is 7.61. The van der Waals surface area contributed by atoms with Gasteiger partial charge in [-0.25, -0.2) is 4.39 Å². The maximum absolute atomic E-state index is 13.2. The van der Waals surface area contributed by atoms with Crippen molar-refractivity contribution in [3.8, 4) is 12.3 Å². The highest BCUT2D eigenvalue weighted by Crippen LogP contribution is 2.21. The summed E-state index contributed by atoms with van der Waals surface area (Å²) >= 11 is 3.06. The number of terminal acetylenes is 1. The maximum atomic E-state index is 13.2. The van der Waals surface area contributed by atoms with Crippen LogP contribution < -0.4 is 0 Å². The molecule has 0 spiro atoms. The Labute approximate surface area is 103 Å². The molecule has 0 aliphatic heterocycles. The largest absolute Gasteiger partial charge is 0.328 e. The Morgan fingerprint density at radius 3 is 2.88 bits per heavy atom. The van der Waals surface area contributed by atoms with Crippen LogP contribution in [0.3, 0.4) is 0 Å². The molecule has 0 bridgehead atoms. The van der Waals surface area contributed by atoms with Crippen molar-refractivity contribution >= 4 is 21.8 Å². The van der Waals surface area contributed by atoms with E-state index in [0.717, 1.165) is 0 Å². The number of hydrogen-bond acceptors (Lipinski definition) is 1. The predicted molar refractivity (Wildman–Crippen MR) is 64.5 cm³/mol. The Morgan fingerprint density at radius 1 is 1.62 bits per heavy atom. The summed E-state index contributed by atoms with van der Waals surface area (Å²) in [6.45, 7) is 2.53. The number of hydrogen-bond donors (Lipinski definition) is 0. The molecule has 0 saturated heterocycles. The summed E-state index contributed by atoms with van der Waals surface area (Å²) in [7, 11) is 0. The first-order valence-electron chi connectivity index (χ1n) is 4.78. The lowest BCUT2D eigenvalue weighted by Crippen LogP contribution is -2.31. The molecule has 0 heterocycles. The minimum atomic E-state index is -0.456. The summed E-state index contributed by atoms with van der Waals surface area (Å²) in [5.41, 5.74) is 0.289. The summed E-state index contributed by atoms with van der Waals surface area (Å²) in [5.74, 6) is 1.67. The molecule has 0 atom stereocenters. The monoisotopic (exact) mass is 283 g/mol. The van der Waals surface area contributed by atoms with Gasteiger partial charge in [-0.05, 0) is 35.0 Å². The van der Waals surface area contributed by atoms with Gasteiger partial charge in [0.15, 0.2) is 0 Å². The van der Waals surface area contributed by atoms with Crippen LogP contribution in [0.25, 0.3) is 0 Å². The van der Waals surface area contributed by atoms with Crippen LogP contribution in [0.2, 0.25) is 0 Å². The smallest absolute Gasteiger partial charge is 0.255 e. The molecule has 2 nitrogen and oxygen atoms in total. The van der Waals surface area contributed by atoms with Gasteiger partial charge in [0.25, 0.3) is 5.91 Å². The lowest BCUT2D eigenvalue weighted by Gasteiger charge is -2.18. The fourth-order valence-corrected chi connectivity index (χ4v) is 1.71.